The molecule has 1 unspecified atom stereocenters. The van der Waals surface area contributed by atoms with Crippen LogP contribution < -0.4 is 10.5 Å². The molecule has 3 amide bonds. The summed E-state index contributed by atoms with van der Waals surface area (Å²) in [5, 5.41) is 16.4. The summed E-state index contributed by atoms with van der Waals surface area (Å²) in [6.45, 7) is 0.993. The van der Waals surface area contributed by atoms with E-state index in [0.29, 0.717) is 11.1 Å². The molecule has 148 valence electrons. The van der Waals surface area contributed by atoms with E-state index in [1.807, 2.05) is 6.07 Å². The summed E-state index contributed by atoms with van der Waals surface area (Å²) in [6, 6.07) is 12.3. The van der Waals surface area contributed by atoms with Crippen molar-refractivity contribution in [2.75, 3.05) is 6.54 Å². The number of primary sulfonamides is 1. The molecule has 9 nitrogen and oxygen atoms in total. The summed E-state index contributed by atoms with van der Waals surface area (Å²) in [6.07, 6.45) is 0. The van der Waals surface area contributed by atoms with Gasteiger partial charge in [0.2, 0.25) is 10.0 Å². The Morgan fingerprint density at radius 2 is 1.72 bits per heavy atom. The highest BCUT2D eigenvalue weighted by Crippen LogP contribution is 2.29. The number of nitrogens with two attached hydrogens (primary N) is 1. The van der Waals surface area contributed by atoms with E-state index in [-0.39, 0.29) is 10.5 Å². The minimum Gasteiger partial charge on any atom is -0.319 e. The lowest BCUT2D eigenvalue weighted by atomic mass is 9.92. The van der Waals surface area contributed by atoms with Crippen molar-refractivity contribution in [2.45, 2.75) is 17.4 Å². The zero-order valence-electron chi connectivity index (χ0n) is 15.2. The van der Waals surface area contributed by atoms with Crippen LogP contribution in [-0.2, 0) is 20.4 Å². The van der Waals surface area contributed by atoms with Crippen LogP contribution >= 0.6 is 0 Å². The molecule has 1 fully saturated rings. The Kier molecular flexibility index (Phi) is 4.96. The molecule has 3 rings (SSSR count). The number of benzene rings is 2. The van der Waals surface area contributed by atoms with E-state index >= 15 is 0 Å². The highest BCUT2D eigenvalue weighted by Gasteiger charge is 2.49. The van der Waals surface area contributed by atoms with Gasteiger partial charge < -0.3 is 5.32 Å². The Labute approximate surface area is 166 Å². The molecule has 2 aromatic carbocycles. The first-order chi connectivity index (χ1) is 13.6. The predicted molar refractivity (Wildman–Crippen MR) is 101 cm³/mol. The molecular formula is C19H16N4O5S. The lowest BCUT2D eigenvalue weighted by Gasteiger charge is -2.22. The zero-order chi connectivity index (χ0) is 21.4. The topological polar surface area (TPSA) is 150 Å². The third-order valence-electron chi connectivity index (χ3n) is 4.67. The molecule has 29 heavy (non-hydrogen) atoms. The maximum Gasteiger partial charge on any atom is 0.325 e. The summed E-state index contributed by atoms with van der Waals surface area (Å²) in [4.78, 5) is 38.4. The van der Waals surface area contributed by atoms with E-state index in [0.717, 1.165) is 4.90 Å². The van der Waals surface area contributed by atoms with E-state index in [4.69, 9.17) is 10.4 Å². The van der Waals surface area contributed by atoms with Gasteiger partial charge in [-0.15, -0.1) is 0 Å². The second kappa shape index (κ2) is 7.12. The van der Waals surface area contributed by atoms with Gasteiger partial charge in [-0.2, -0.15) is 5.26 Å². The van der Waals surface area contributed by atoms with Gasteiger partial charge in [0.05, 0.1) is 23.1 Å². The highest BCUT2D eigenvalue weighted by molar-refractivity contribution is 7.89. The molecule has 0 aliphatic carbocycles. The summed E-state index contributed by atoms with van der Waals surface area (Å²) in [7, 11) is -3.90. The number of ketones is 1. The lowest BCUT2D eigenvalue weighted by molar-refractivity contribution is -0.130. The molecule has 0 bridgehead atoms. The minimum atomic E-state index is -3.90. The molecule has 3 N–H and O–H groups in total. The number of amides is 3. The largest absolute Gasteiger partial charge is 0.325 e. The van der Waals surface area contributed by atoms with Crippen LogP contribution in [0.25, 0.3) is 0 Å². The molecule has 2 aromatic rings. The zero-order valence-corrected chi connectivity index (χ0v) is 16.1. The number of nitriles is 1. The van der Waals surface area contributed by atoms with Crippen molar-refractivity contribution in [3.8, 4) is 6.07 Å². The Bertz CT molecular complexity index is 1150. The van der Waals surface area contributed by atoms with E-state index in [1.165, 1.54) is 55.5 Å². The summed E-state index contributed by atoms with van der Waals surface area (Å²) in [5.41, 5.74) is -0.474. The van der Waals surface area contributed by atoms with Crippen LogP contribution in [0.2, 0.25) is 0 Å². The maximum atomic E-state index is 12.9. The minimum absolute atomic E-state index is 0.130. The smallest absolute Gasteiger partial charge is 0.319 e. The number of carbonyl (C=O) groups excluding carboxylic acids is 3. The summed E-state index contributed by atoms with van der Waals surface area (Å²) < 4.78 is 22.8. The Morgan fingerprint density at radius 3 is 2.24 bits per heavy atom. The van der Waals surface area contributed by atoms with E-state index in [2.05, 4.69) is 5.32 Å². The standard InChI is InChI=1S/C19H16N4O5S/c1-19(14-6-8-15(9-7-14)29(21,27)28)17(25)23(18(26)22-19)11-16(24)13-4-2-12(10-20)3-5-13/h2-9H,11H2,1H3,(H,22,26)(H2,21,27,28). The average Bonchev–Trinajstić information content (AvgIpc) is 2.91. The van der Waals surface area contributed by atoms with Gasteiger partial charge >= 0.3 is 6.03 Å². The first kappa shape index (κ1) is 20.2. The first-order valence-electron chi connectivity index (χ1n) is 8.37. The fourth-order valence-electron chi connectivity index (χ4n) is 2.98. The predicted octanol–water partition coefficient (Wildman–Crippen LogP) is 0.856. The van der Waals surface area contributed by atoms with Crippen LogP contribution in [0.3, 0.4) is 0 Å². The Hall–Kier alpha value is -3.55. The number of nitrogens with one attached hydrogen (secondary N) is 1. The average molecular weight is 412 g/mol. The first-order valence-corrected chi connectivity index (χ1v) is 9.92. The van der Waals surface area contributed by atoms with Gasteiger partial charge in [-0.1, -0.05) is 24.3 Å². The molecule has 0 saturated carbocycles. The van der Waals surface area contributed by atoms with E-state index in [9.17, 15) is 22.8 Å². The van der Waals surface area contributed by atoms with E-state index < -0.39 is 39.8 Å². The lowest BCUT2D eigenvalue weighted by Crippen LogP contribution is -2.41. The number of urea groups is 1. The van der Waals surface area contributed by atoms with Gasteiger partial charge in [-0.3, -0.25) is 14.5 Å². The number of rotatable bonds is 5. The maximum absolute atomic E-state index is 12.9. The van der Waals surface area contributed by atoms with Crippen molar-refractivity contribution in [1.82, 2.24) is 10.2 Å². The van der Waals surface area contributed by atoms with Gasteiger partial charge in [0.15, 0.2) is 5.78 Å². The van der Waals surface area contributed by atoms with Crippen molar-refractivity contribution in [2.24, 2.45) is 5.14 Å². The quantitative estimate of drug-likeness (QED) is 0.549. The summed E-state index contributed by atoms with van der Waals surface area (Å²) >= 11 is 0. The number of hydrogen-bond acceptors (Lipinski definition) is 6. The molecule has 1 heterocycles. The van der Waals surface area contributed by atoms with Gasteiger partial charge in [0, 0.05) is 5.56 Å². The van der Waals surface area contributed by atoms with Crippen molar-refractivity contribution in [1.29, 1.82) is 5.26 Å². The van der Waals surface area contributed by atoms with Crippen LogP contribution in [0.5, 0.6) is 0 Å². The van der Waals surface area contributed by atoms with Gasteiger partial charge in [-0.05, 0) is 36.8 Å². The Morgan fingerprint density at radius 1 is 1.14 bits per heavy atom. The van der Waals surface area contributed by atoms with Gasteiger partial charge in [0.25, 0.3) is 5.91 Å². The molecule has 10 heteroatoms. The van der Waals surface area contributed by atoms with Crippen molar-refractivity contribution in [3.05, 3.63) is 65.2 Å². The number of sulfonamides is 1. The van der Waals surface area contributed by atoms with Crippen molar-refractivity contribution in [3.63, 3.8) is 0 Å². The van der Waals surface area contributed by atoms with Crippen LogP contribution in [0.4, 0.5) is 4.79 Å². The van der Waals surface area contributed by atoms with Crippen LogP contribution in [0, 0.1) is 11.3 Å². The molecular weight excluding hydrogens is 396 g/mol. The number of nitrogens with zero attached hydrogens (tertiary/aromatic N) is 2. The van der Waals surface area contributed by atoms with Crippen LogP contribution in [-0.4, -0.2) is 37.6 Å². The third kappa shape index (κ3) is 3.73. The molecule has 0 spiro atoms. The van der Waals surface area contributed by atoms with Crippen LogP contribution in [0.15, 0.2) is 53.4 Å². The number of carbonyl (C=O) groups is 3. The third-order valence-corrected chi connectivity index (χ3v) is 5.60. The molecule has 1 saturated heterocycles. The monoisotopic (exact) mass is 412 g/mol. The second-order valence-electron chi connectivity index (χ2n) is 6.63. The summed E-state index contributed by atoms with van der Waals surface area (Å²) in [5.74, 6) is -1.11. The Balaban J connectivity index is 1.83. The van der Waals surface area contributed by atoms with Crippen molar-refractivity contribution < 1.29 is 22.8 Å². The molecule has 1 aliphatic heterocycles. The molecule has 1 atom stereocenters. The highest BCUT2D eigenvalue weighted by atomic mass is 32.2. The second-order valence-corrected chi connectivity index (χ2v) is 8.19. The van der Waals surface area contributed by atoms with Gasteiger partial charge in [-0.25, -0.2) is 18.4 Å². The van der Waals surface area contributed by atoms with Gasteiger partial charge in [0.1, 0.15) is 5.54 Å². The fraction of sp³-hybridized carbons (Fsp3) is 0.158. The number of Topliss-reactive ketones (excluding diaryl/α,β-unsaturated/α-hetero) is 1. The molecule has 1 aliphatic rings. The van der Waals surface area contributed by atoms with Crippen LogP contribution in [0.1, 0.15) is 28.4 Å². The molecule has 0 radical (unpaired) electrons. The normalized spacial score (nSPS) is 19.0. The van der Waals surface area contributed by atoms with E-state index in [1.54, 1.807) is 0 Å². The fourth-order valence-corrected chi connectivity index (χ4v) is 3.50. The number of hydrogen-bond donors (Lipinski definition) is 2. The SMILES string of the molecule is CC1(c2ccc(S(N)(=O)=O)cc2)NC(=O)N(CC(=O)c2ccc(C#N)cc2)C1=O. The number of imide groups is 1. The van der Waals surface area contributed by atoms with Crippen molar-refractivity contribution >= 4 is 27.7 Å². The molecule has 0 aromatic heterocycles.